The van der Waals surface area contributed by atoms with E-state index in [2.05, 4.69) is 34.6 Å². The Morgan fingerprint density at radius 2 is 0.623 bits per heavy atom. The van der Waals surface area contributed by atoms with E-state index in [9.17, 15) is 14.4 Å². The summed E-state index contributed by atoms with van der Waals surface area (Å²) in [5.41, 5.74) is 0. The van der Waals surface area contributed by atoms with E-state index in [0.29, 0.717) is 19.3 Å². The maximum Gasteiger partial charge on any atom is 0.306 e. The highest BCUT2D eigenvalue weighted by atomic mass is 16.6. The Bertz CT molecular complexity index is 933. The molecule has 0 aromatic rings. The minimum Gasteiger partial charge on any atom is -0.462 e. The first-order valence-electron chi connectivity index (χ1n) is 27.3. The van der Waals surface area contributed by atoms with Crippen molar-refractivity contribution in [3.63, 3.8) is 0 Å². The molecule has 0 aliphatic carbocycles. The van der Waals surface area contributed by atoms with Gasteiger partial charge in [0.05, 0.1) is 0 Å². The summed E-state index contributed by atoms with van der Waals surface area (Å²) in [4.78, 5) is 38.0. The van der Waals surface area contributed by atoms with Gasteiger partial charge in [-0.25, -0.2) is 0 Å². The van der Waals surface area contributed by atoms with Crippen LogP contribution in [0.5, 0.6) is 0 Å². The molecule has 61 heavy (non-hydrogen) atoms. The van der Waals surface area contributed by atoms with Gasteiger partial charge in [0.1, 0.15) is 13.2 Å². The van der Waals surface area contributed by atoms with Crippen molar-refractivity contribution in [2.24, 2.45) is 11.8 Å². The molecule has 1 unspecified atom stereocenters. The summed E-state index contributed by atoms with van der Waals surface area (Å²) in [5.74, 6) is 0.855. The van der Waals surface area contributed by atoms with Gasteiger partial charge in [0.25, 0.3) is 0 Å². The molecule has 0 saturated carbocycles. The lowest BCUT2D eigenvalue weighted by atomic mass is 9.99. The van der Waals surface area contributed by atoms with Crippen LogP contribution in [-0.4, -0.2) is 37.2 Å². The zero-order chi connectivity index (χ0) is 44.7. The largest absolute Gasteiger partial charge is 0.462 e. The fraction of sp³-hybridized carbons (Fsp3) is 0.945. The molecular formula is C55H106O6. The molecule has 6 heteroatoms. The first-order chi connectivity index (χ1) is 29.8. The molecule has 0 aliphatic heterocycles. The molecule has 0 radical (unpaired) electrons. The van der Waals surface area contributed by atoms with Gasteiger partial charge in [0, 0.05) is 19.3 Å². The maximum atomic E-state index is 12.8. The highest BCUT2D eigenvalue weighted by Gasteiger charge is 2.19. The van der Waals surface area contributed by atoms with Gasteiger partial charge in [-0.1, -0.05) is 266 Å². The summed E-state index contributed by atoms with van der Waals surface area (Å²) in [6, 6.07) is 0. The Morgan fingerprint density at radius 3 is 0.934 bits per heavy atom. The average Bonchev–Trinajstić information content (AvgIpc) is 3.24. The van der Waals surface area contributed by atoms with E-state index in [0.717, 1.165) is 69.6 Å². The lowest BCUT2D eigenvalue weighted by Gasteiger charge is -2.18. The maximum absolute atomic E-state index is 12.8. The number of ether oxygens (including phenoxy) is 3. The Hall–Kier alpha value is -1.59. The molecule has 0 N–H and O–H groups in total. The molecule has 0 saturated heterocycles. The van der Waals surface area contributed by atoms with Crippen molar-refractivity contribution in [1.82, 2.24) is 0 Å². The lowest BCUT2D eigenvalue weighted by Crippen LogP contribution is -2.30. The van der Waals surface area contributed by atoms with Crippen LogP contribution in [-0.2, 0) is 28.6 Å². The molecule has 0 heterocycles. The second-order valence-electron chi connectivity index (χ2n) is 19.6. The minimum absolute atomic E-state index is 0.0634. The topological polar surface area (TPSA) is 78.9 Å². The summed E-state index contributed by atoms with van der Waals surface area (Å²) < 4.78 is 16.8. The molecule has 0 aromatic carbocycles. The number of carbonyl (C=O) groups is 3. The molecule has 0 fully saturated rings. The quantitative estimate of drug-likeness (QED) is 0.0344. The standard InChI is InChI=1S/C55H106O6/c1-6-8-9-10-11-12-13-21-25-32-37-42-47-55(58)61-52(49-60-54(57)46-41-36-31-27-26-29-34-39-44-51(5)7-2)48-59-53(56)45-40-35-30-24-22-19-17-15-14-16-18-20-23-28-33-38-43-50(3)4/h50-52H,6-49H2,1-5H3/t51?,52-/m1/s1. The van der Waals surface area contributed by atoms with Crippen LogP contribution in [0.15, 0.2) is 0 Å². The first-order valence-corrected chi connectivity index (χ1v) is 27.3. The van der Waals surface area contributed by atoms with Crippen LogP contribution in [0.1, 0.15) is 304 Å². The first kappa shape index (κ1) is 59.4. The highest BCUT2D eigenvalue weighted by Crippen LogP contribution is 2.18. The van der Waals surface area contributed by atoms with Crippen LogP contribution < -0.4 is 0 Å². The number of unbranched alkanes of at least 4 members (excludes halogenated alkanes) is 33. The van der Waals surface area contributed by atoms with Crippen LogP contribution in [0.25, 0.3) is 0 Å². The second kappa shape index (κ2) is 47.9. The number of hydrogen-bond donors (Lipinski definition) is 0. The molecular weight excluding hydrogens is 757 g/mol. The Balaban J connectivity index is 4.26. The van der Waals surface area contributed by atoms with E-state index >= 15 is 0 Å². The molecule has 0 rings (SSSR count). The average molecular weight is 863 g/mol. The summed E-state index contributed by atoms with van der Waals surface area (Å²) in [7, 11) is 0. The molecule has 2 atom stereocenters. The Kier molecular flexibility index (Phi) is 46.6. The van der Waals surface area contributed by atoms with E-state index in [1.165, 1.54) is 193 Å². The zero-order valence-electron chi connectivity index (χ0n) is 41.8. The minimum atomic E-state index is -0.762. The van der Waals surface area contributed by atoms with Crippen molar-refractivity contribution < 1.29 is 28.6 Å². The number of rotatable bonds is 49. The Morgan fingerprint density at radius 1 is 0.344 bits per heavy atom. The van der Waals surface area contributed by atoms with Gasteiger partial charge in [-0.3, -0.25) is 14.4 Å². The summed E-state index contributed by atoms with van der Waals surface area (Å²) >= 11 is 0. The second-order valence-corrected chi connectivity index (χ2v) is 19.6. The van der Waals surface area contributed by atoms with Crippen LogP contribution >= 0.6 is 0 Å². The van der Waals surface area contributed by atoms with Crippen LogP contribution in [0, 0.1) is 11.8 Å². The fourth-order valence-electron chi connectivity index (χ4n) is 8.31. The van der Waals surface area contributed by atoms with E-state index < -0.39 is 6.10 Å². The van der Waals surface area contributed by atoms with Crippen LogP contribution in [0.2, 0.25) is 0 Å². The van der Waals surface area contributed by atoms with E-state index in [1.807, 2.05) is 0 Å². The SMILES string of the molecule is CCCCCCCCCCCCCCC(=O)O[C@H](COC(=O)CCCCCCCCCCCCCCCCCCC(C)C)COC(=O)CCCCCCCCCCC(C)CC. The number of esters is 3. The molecule has 0 amide bonds. The van der Waals surface area contributed by atoms with Crippen molar-refractivity contribution in [2.75, 3.05) is 13.2 Å². The summed E-state index contributed by atoms with van der Waals surface area (Å²) in [5, 5.41) is 0. The van der Waals surface area contributed by atoms with Gasteiger partial charge in [-0.15, -0.1) is 0 Å². The molecule has 0 bridgehead atoms. The predicted octanol–water partition coefficient (Wildman–Crippen LogP) is 17.7. The highest BCUT2D eigenvalue weighted by molar-refractivity contribution is 5.71. The number of carbonyl (C=O) groups excluding carboxylic acids is 3. The third-order valence-electron chi connectivity index (χ3n) is 12.8. The van der Waals surface area contributed by atoms with Crippen molar-refractivity contribution in [2.45, 2.75) is 310 Å². The van der Waals surface area contributed by atoms with Crippen molar-refractivity contribution >= 4 is 17.9 Å². The molecule has 0 aromatic heterocycles. The van der Waals surface area contributed by atoms with E-state index in [1.54, 1.807) is 0 Å². The van der Waals surface area contributed by atoms with E-state index in [4.69, 9.17) is 14.2 Å². The monoisotopic (exact) mass is 863 g/mol. The van der Waals surface area contributed by atoms with Gasteiger partial charge in [0.2, 0.25) is 0 Å². The van der Waals surface area contributed by atoms with Gasteiger partial charge in [-0.2, -0.15) is 0 Å². The van der Waals surface area contributed by atoms with Gasteiger partial charge >= 0.3 is 17.9 Å². The number of hydrogen-bond acceptors (Lipinski definition) is 6. The van der Waals surface area contributed by atoms with Crippen LogP contribution in [0.3, 0.4) is 0 Å². The van der Waals surface area contributed by atoms with Gasteiger partial charge < -0.3 is 14.2 Å². The zero-order valence-corrected chi connectivity index (χ0v) is 41.8. The van der Waals surface area contributed by atoms with Gasteiger partial charge in [-0.05, 0) is 31.1 Å². The van der Waals surface area contributed by atoms with E-state index in [-0.39, 0.29) is 31.1 Å². The smallest absolute Gasteiger partial charge is 0.306 e. The third-order valence-corrected chi connectivity index (χ3v) is 12.8. The van der Waals surface area contributed by atoms with Crippen molar-refractivity contribution in [1.29, 1.82) is 0 Å². The summed E-state index contributed by atoms with van der Waals surface area (Å²) in [6.45, 7) is 11.4. The normalized spacial score (nSPS) is 12.5. The van der Waals surface area contributed by atoms with Crippen LogP contribution in [0.4, 0.5) is 0 Å². The predicted molar refractivity (Wildman–Crippen MR) is 261 cm³/mol. The molecule has 6 nitrogen and oxygen atoms in total. The van der Waals surface area contributed by atoms with Crippen molar-refractivity contribution in [3.05, 3.63) is 0 Å². The fourth-order valence-corrected chi connectivity index (χ4v) is 8.31. The molecule has 0 spiro atoms. The van der Waals surface area contributed by atoms with Gasteiger partial charge in [0.15, 0.2) is 6.10 Å². The lowest BCUT2D eigenvalue weighted by molar-refractivity contribution is -0.167. The Labute approximate surface area is 380 Å². The van der Waals surface area contributed by atoms with Crippen molar-refractivity contribution in [3.8, 4) is 0 Å². The third kappa shape index (κ3) is 47.7. The summed E-state index contributed by atoms with van der Waals surface area (Å²) in [6.07, 6.45) is 49.4. The molecule has 362 valence electrons. The molecule has 0 aliphatic rings.